The molecule has 0 aromatic carbocycles. The lowest BCUT2D eigenvalue weighted by atomic mass is 9.91. The second-order valence-electron chi connectivity index (χ2n) is 7.64. The number of nitrogens with zero attached hydrogens (tertiary/aromatic N) is 1. The predicted molar refractivity (Wildman–Crippen MR) is 89.5 cm³/mol. The SMILES string of the molecule is NC[C@H]1CCC[C@H]1C(=O)NC1CCN(C2CCCCC2)CC1. The van der Waals surface area contributed by atoms with Crippen LogP contribution in [-0.4, -0.2) is 42.5 Å². The third-order valence-electron chi connectivity index (χ3n) is 6.27. The highest BCUT2D eigenvalue weighted by molar-refractivity contribution is 5.79. The molecule has 2 aliphatic carbocycles. The van der Waals surface area contributed by atoms with Crippen molar-refractivity contribution < 1.29 is 4.79 Å². The van der Waals surface area contributed by atoms with E-state index in [1.165, 1.54) is 51.6 Å². The second kappa shape index (κ2) is 7.78. The zero-order valence-electron chi connectivity index (χ0n) is 13.9. The number of carbonyl (C=O) groups excluding carboxylic acids is 1. The summed E-state index contributed by atoms with van der Waals surface area (Å²) >= 11 is 0. The molecule has 1 amide bonds. The van der Waals surface area contributed by atoms with Crippen molar-refractivity contribution in [2.45, 2.75) is 76.3 Å². The normalized spacial score (nSPS) is 32.2. The fraction of sp³-hybridized carbons (Fsp3) is 0.944. The Bertz CT molecular complexity index is 359. The van der Waals surface area contributed by atoms with Crippen molar-refractivity contribution in [2.24, 2.45) is 17.6 Å². The largest absolute Gasteiger partial charge is 0.353 e. The average molecular weight is 307 g/mol. The van der Waals surface area contributed by atoms with Gasteiger partial charge < -0.3 is 16.0 Å². The Labute approximate surface area is 135 Å². The van der Waals surface area contributed by atoms with Crippen LogP contribution in [0.1, 0.15) is 64.2 Å². The van der Waals surface area contributed by atoms with Crippen molar-refractivity contribution in [3.05, 3.63) is 0 Å². The topological polar surface area (TPSA) is 58.4 Å². The molecule has 3 rings (SSSR count). The molecule has 4 heteroatoms. The quantitative estimate of drug-likeness (QED) is 0.838. The number of nitrogens with two attached hydrogens (primary N) is 1. The van der Waals surface area contributed by atoms with Crippen molar-refractivity contribution in [3.8, 4) is 0 Å². The molecule has 0 unspecified atom stereocenters. The number of rotatable bonds is 4. The van der Waals surface area contributed by atoms with Gasteiger partial charge in [-0.05, 0) is 51.0 Å². The van der Waals surface area contributed by atoms with Gasteiger partial charge in [0.1, 0.15) is 0 Å². The van der Waals surface area contributed by atoms with Crippen molar-refractivity contribution in [1.29, 1.82) is 0 Å². The van der Waals surface area contributed by atoms with E-state index in [2.05, 4.69) is 10.2 Å². The number of likely N-dealkylation sites (tertiary alicyclic amines) is 1. The van der Waals surface area contributed by atoms with Crippen LogP contribution in [0.25, 0.3) is 0 Å². The smallest absolute Gasteiger partial charge is 0.223 e. The van der Waals surface area contributed by atoms with E-state index in [1.807, 2.05) is 0 Å². The van der Waals surface area contributed by atoms with Crippen LogP contribution in [0.4, 0.5) is 0 Å². The number of amides is 1. The molecule has 0 aromatic rings. The van der Waals surface area contributed by atoms with Gasteiger partial charge in [0, 0.05) is 31.1 Å². The molecule has 126 valence electrons. The summed E-state index contributed by atoms with van der Waals surface area (Å²) in [6.45, 7) is 3.00. The zero-order valence-corrected chi connectivity index (χ0v) is 13.9. The van der Waals surface area contributed by atoms with Gasteiger partial charge in [-0.25, -0.2) is 0 Å². The third-order valence-corrected chi connectivity index (χ3v) is 6.27. The van der Waals surface area contributed by atoms with Gasteiger partial charge in [0.25, 0.3) is 0 Å². The summed E-state index contributed by atoms with van der Waals surface area (Å²) in [5.41, 5.74) is 5.81. The molecule has 0 bridgehead atoms. The standard InChI is InChI=1S/C18H33N3O/c19-13-14-5-4-8-17(14)18(22)20-15-9-11-21(12-10-15)16-6-2-1-3-7-16/h14-17H,1-13,19H2,(H,20,22)/t14-,17-/m1/s1. The van der Waals surface area contributed by atoms with Gasteiger partial charge in [0.15, 0.2) is 0 Å². The van der Waals surface area contributed by atoms with E-state index < -0.39 is 0 Å². The van der Waals surface area contributed by atoms with E-state index >= 15 is 0 Å². The number of piperidine rings is 1. The molecule has 2 saturated carbocycles. The summed E-state index contributed by atoms with van der Waals surface area (Å²) in [7, 11) is 0. The summed E-state index contributed by atoms with van der Waals surface area (Å²) in [5.74, 6) is 0.882. The van der Waals surface area contributed by atoms with Gasteiger partial charge in [0.2, 0.25) is 5.91 Å². The highest BCUT2D eigenvalue weighted by atomic mass is 16.2. The molecule has 2 atom stereocenters. The maximum Gasteiger partial charge on any atom is 0.223 e. The van der Waals surface area contributed by atoms with E-state index in [1.54, 1.807) is 0 Å². The van der Waals surface area contributed by atoms with Crippen LogP contribution in [0, 0.1) is 11.8 Å². The Balaban J connectivity index is 1.42. The predicted octanol–water partition coefficient (Wildman–Crippen LogP) is 2.27. The maximum atomic E-state index is 12.5. The Hall–Kier alpha value is -0.610. The number of carbonyl (C=O) groups is 1. The van der Waals surface area contributed by atoms with Gasteiger partial charge in [-0.15, -0.1) is 0 Å². The van der Waals surface area contributed by atoms with Crippen molar-refractivity contribution in [1.82, 2.24) is 10.2 Å². The molecule has 1 heterocycles. The Morgan fingerprint density at radius 3 is 2.36 bits per heavy atom. The Morgan fingerprint density at radius 1 is 0.955 bits per heavy atom. The van der Waals surface area contributed by atoms with Gasteiger partial charge in [0.05, 0.1) is 0 Å². The van der Waals surface area contributed by atoms with Crippen molar-refractivity contribution in [3.63, 3.8) is 0 Å². The molecular formula is C18H33N3O. The zero-order chi connectivity index (χ0) is 15.4. The molecule has 22 heavy (non-hydrogen) atoms. The molecule has 0 aromatic heterocycles. The van der Waals surface area contributed by atoms with Crippen LogP contribution in [0.2, 0.25) is 0 Å². The van der Waals surface area contributed by atoms with E-state index in [9.17, 15) is 4.79 Å². The highest BCUT2D eigenvalue weighted by Gasteiger charge is 2.34. The Morgan fingerprint density at radius 2 is 1.68 bits per heavy atom. The summed E-state index contributed by atoms with van der Waals surface area (Å²) in [6.07, 6.45) is 12.6. The first-order valence-corrected chi connectivity index (χ1v) is 9.52. The Kier molecular flexibility index (Phi) is 5.75. The molecule has 4 nitrogen and oxygen atoms in total. The number of nitrogens with one attached hydrogen (secondary N) is 1. The minimum atomic E-state index is 0.182. The van der Waals surface area contributed by atoms with E-state index in [0.717, 1.165) is 31.7 Å². The molecule has 3 aliphatic rings. The summed E-state index contributed by atoms with van der Waals surface area (Å²) in [5, 5.41) is 3.33. The fourth-order valence-corrected chi connectivity index (χ4v) is 4.83. The van der Waals surface area contributed by atoms with Gasteiger partial charge >= 0.3 is 0 Å². The molecule has 1 saturated heterocycles. The van der Waals surface area contributed by atoms with E-state index in [-0.39, 0.29) is 11.8 Å². The molecule has 0 spiro atoms. The van der Waals surface area contributed by atoms with Crippen LogP contribution in [-0.2, 0) is 4.79 Å². The summed E-state index contributed by atoms with van der Waals surface area (Å²) < 4.78 is 0. The molecule has 0 radical (unpaired) electrons. The van der Waals surface area contributed by atoms with Crippen LogP contribution < -0.4 is 11.1 Å². The lowest BCUT2D eigenvalue weighted by Gasteiger charge is -2.39. The average Bonchev–Trinajstić information content (AvgIpc) is 3.05. The molecular weight excluding hydrogens is 274 g/mol. The van der Waals surface area contributed by atoms with E-state index in [0.29, 0.717) is 18.5 Å². The van der Waals surface area contributed by atoms with Crippen LogP contribution >= 0.6 is 0 Å². The first-order valence-electron chi connectivity index (χ1n) is 9.52. The van der Waals surface area contributed by atoms with Crippen molar-refractivity contribution >= 4 is 5.91 Å². The minimum Gasteiger partial charge on any atom is -0.353 e. The number of hydrogen-bond acceptors (Lipinski definition) is 3. The molecule has 3 N–H and O–H groups in total. The third kappa shape index (κ3) is 3.83. The summed E-state index contributed by atoms with van der Waals surface area (Å²) in [4.78, 5) is 15.2. The van der Waals surface area contributed by atoms with Crippen LogP contribution in [0.3, 0.4) is 0 Å². The monoisotopic (exact) mass is 307 g/mol. The van der Waals surface area contributed by atoms with Gasteiger partial charge in [-0.3, -0.25) is 4.79 Å². The lowest BCUT2D eigenvalue weighted by molar-refractivity contribution is -0.127. The molecule has 3 fully saturated rings. The first kappa shape index (κ1) is 16.3. The van der Waals surface area contributed by atoms with Crippen LogP contribution in [0.5, 0.6) is 0 Å². The summed E-state index contributed by atoms with van der Waals surface area (Å²) in [6, 6.07) is 1.22. The minimum absolute atomic E-state index is 0.182. The highest BCUT2D eigenvalue weighted by Crippen LogP contribution is 2.31. The number of hydrogen-bond donors (Lipinski definition) is 2. The van der Waals surface area contributed by atoms with Gasteiger partial charge in [-0.1, -0.05) is 25.7 Å². The molecule has 1 aliphatic heterocycles. The van der Waals surface area contributed by atoms with Crippen LogP contribution in [0.15, 0.2) is 0 Å². The first-order chi connectivity index (χ1) is 10.8. The van der Waals surface area contributed by atoms with Crippen molar-refractivity contribution in [2.75, 3.05) is 19.6 Å². The maximum absolute atomic E-state index is 12.5. The van der Waals surface area contributed by atoms with Gasteiger partial charge in [-0.2, -0.15) is 0 Å². The second-order valence-corrected chi connectivity index (χ2v) is 7.64. The van der Waals surface area contributed by atoms with E-state index in [4.69, 9.17) is 5.73 Å². The fourth-order valence-electron chi connectivity index (χ4n) is 4.83. The lowest BCUT2D eigenvalue weighted by Crippen LogP contribution is -2.49.